The molecule has 1 aromatic heterocycles. The first kappa shape index (κ1) is 14.5. The van der Waals surface area contributed by atoms with E-state index in [-0.39, 0.29) is 6.01 Å². The number of anilines is 2. The van der Waals surface area contributed by atoms with Crippen molar-refractivity contribution in [3.63, 3.8) is 0 Å². The lowest BCUT2D eigenvalue weighted by Gasteiger charge is -2.25. The normalized spacial score (nSPS) is 13.8. The number of rotatable bonds is 2. The highest BCUT2D eigenvalue weighted by molar-refractivity contribution is 6.02. The summed E-state index contributed by atoms with van der Waals surface area (Å²) in [4.78, 5) is 10.8. The van der Waals surface area contributed by atoms with Crippen LogP contribution >= 0.6 is 0 Å². The highest BCUT2D eigenvalue weighted by Crippen LogP contribution is 2.41. The van der Waals surface area contributed by atoms with Crippen molar-refractivity contribution in [3.8, 4) is 11.1 Å². The number of fused-ring (bicyclic) bond motifs is 1. The zero-order valence-corrected chi connectivity index (χ0v) is 13.7. The molecule has 0 fully saturated rings. The summed E-state index contributed by atoms with van der Waals surface area (Å²) in [7, 11) is 0. The van der Waals surface area contributed by atoms with Crippen molar-refractivity contribution < 1.29 is 4.42 Å². The third-order valence-corrected chi connectivity index (χ3v) is 4.36. The van der Waals surface area contributed by atoms with E-state index in [0.29, 0.717) is 0 Å². The Kier molecular flexibility index (Phi) is 3.34. The maximum absolute atomic E-state index is 5.86. The Bertz CT molecular complexity index is 970. The van der Waals surface area contributed by atoms with Crippen molar-refractivity contribution >= 4 is 29.1 Å². The van der Waals surface area contributed by atoms with Crippen LogP contribution in [0.25, 0.3) is 22.2 Å². The van der Waals surface area contributed by atoms with Gasteiger partial charge in [-0.15, -0.1) is 0 Å². The summed E-state index contributed by atoms with van der Waals surface area (Å²) in [5.74, 6) is 0. The number of hydrogen-bond acceptors (Lipinski definition) is 5. The van der Waals surface area contributed by atoms with Gasteiger partial charge in [-0.1, -0.05) is 30.3 Å². The number of nitrogens with two attached hydrogens (primary N) is 1. The molecule has 5 nitrogen and oxygen atoms in total. The maximum Gasteiger partial charge on any atom is 0.293 e. The number of oxazole rings is 1. The molecule has 0 spiro atoms. The molecule has 0 aliphatic carbocycles. The fraction of sp³-hybridized carbons (Fsp3) is 0.158. The maximum atomic E-state index is 5.86. The van der Waals surface area contributed by atoms with Gasteiger partial charge in [0.25, 0.3) is 6.01 Å². The molecule has 2 N–H and O–H groups in total. The molecule has 2 heterocycles. The van der Waals surface area contributed by atoms with Crippen LogP contribution in [0.4, 0.5) is 11.7 Å². The van der Waals surface area contributed by atoms with Crippen molar-refractivity contribution in [2.45, 2.75) is 13.8 Å². The monoisotopic (exact) mass is 318 g/mol. The lowest BCUT2D eigenvalue weighted by molar-refractivity contribution is 0.623. The summed E-state index contributed by atoms with van der Waals surface area (Å²) in [6, 6.07) is 10.4. The average molecular weight is 318 g/mol. The second-order valence-corrected chi connectivity index (χ2v) is 5.87. The van der Waals surface area contributed by atoms with Crippen LogP contribution in [-0.2, 0) is 0 Å². The first-order valence-corrected chi connectivity index (χ1v) is 7.86. The summed E-state index contributed by atoms with van der Waals surface area (Å²) in [6.07, 6.45) is 5.68. The molecule has 0 unspecified atom stereocenters. The van der Waals surface area contributed by atoms with Crippen molar-refractivity contribution in [2.24, 2.45) is 4.99 Å². The lowest BCUT2D eigenvalue weighted by Crippen LogP contribution is -2.25. The van der Waals surface area contributed by atoms with E-state index in [0.717, 1.165) is 45.6 Å². The zero-order valence-electron chi connectivity index (χ0n) is 13.7. The smallest absolute Gasteiger partial charge is 0.293 e. The van der Waals surface area contributed by atoms with Crippen LogP contribution in [0.5, 0.6) is 0 Å². The second kappa shape index (κ2) is 5.53. The van der Waals surface area contributed by atoms with E-state index in [1.54, 1.807) is 0 Å². The van der Waals surface area contributed by atoms with E-state index in [4.69, 9.17) is 10.2 Å². The molecule has 1 aliphatic rings. The van der Waals surface area contributed by atoms with E-state index >= 15 is 0 Å². The molecular weight excluding hydrogens is 300 g/mol. The van der Waals surface area contributed by atoms with Gasteiger partial charge < -0.3 is 15.1 Å². The molecule has 0 radical (unpaired) electrons. The van der Waals surface area contributed by atoms with Crippen molar-refractivity contribution in [3.05, 3.63) is 53.7 Å². The highest BCUT2D eigenvalue weighted by Gasteiger charge is 2.23. The topological polar surface area (TPSA) is 67.7 Å². The van der Waals surface area contributed by atoms with Crippen LogP contribution in [0.1, 0.15) is 11.1 Å². The first-order chi connectivity index (χ1) is 11.7. The fourth-order valence-corrected chi connectivity index (χ4v) is 3.37. The van der Waals surface area contributed by atoms with E-state index in [9.17, 15) is 0 Å². The van der Waals surface area contributed by atoms with Gasteiger partial charge in [0.1, 0.15) is 5.52 Å². The minimum atomic E-state index is 0.189. The van der Waals surface area contributed by atoms with Gasteiger partial charge >= 0.3 is 0 Å². The van der Waals surface area contributed by atoms with Crippen molar-refractivity contribution in [1.82, 2.24) is 4.98 Å². The SMILES string of the molecule is Cc1c(N2C=NC=CC2)c(C)c2oc(N)nc2c1-c1ccccc1. The lowest BCUT2D eigenvalue weighted by atomic mass is 9.94. The number of benzene rings is 2. The summed E-state index contributed by atoms with van der Waals surface area (Å²) in [5, 5.41) is 0. The van der Waals surface area contributed by atoms with Crippen molar-refractivity contribution in [1.29, 1.82) is 0 Å². The molecule has 0 amide bonds. The van der Waals surface area contributed by atoms with E-state index < -0.39 is 0 Å². The number of nitrogens with zero attached hydrogens (tertiary/aromatic N) is 3. The third kappa shape index (κ3) is 2.17. The van der Waals surface area contributed by atoms with E-state index in [1.807, 2.05) is 43.7 Å². The van der Waals surface area contributed by atoms with Gasteiger partial charge in [-0.3, -0.25) is 0 Å². The molecule has 24 heavy (non-hydrogen) atoms. The predicted octanol–water partition coefficient (Wildman–Crippen LogP) is 4.06. The van der Waals surface area contributed by atoms with Crippen LogP contribution in [-0.4, -0.2) is 17.9 Å². The Hall–Kier alpha value is -3.08. The minimum Gasteiger partial charge on any atom is -0.423 e. The summed E-state index contributed by atoms with van der Waals surface area (Å²) >= 11 is 0. The van der Waals surface area contributed by atoms with Crippen molar-refractivity contribution in [2.75, 3.05) is 17.2 Å². The Labute approximate surface area is 140 Å². The molecular formula is C19H18N4O. The largest absolute Gasteiger partial charge is 0.423 e. The Morgan fingerprint density at radius 1 is 1.12 bits per heavy atom. The standard InChI is InChI=1S/C19H18N4O/c1-12-15(14-7-4-3-5-8-14)16-18(24-19(20)22-16)13(2)17(12)23-10-6-9-21-11-23/h3-9,11H,10H2,1-2H3,(H2,20,22). The Morgan fingerprint density at radius 3 is 2.62 bits per heavy atom. The first-order valence-electron chi connectivity index (χ1n) is 7.86. The molecule has 5 heteroatoms. The van der Waals surface area contributed by atoms with Gasteiger partial charge in [0.05, 0.1) is 12.0 Å². The molecule has 0 atom stereocenters. The van der Waals surface area contributed by atoms with Gasteiger partial charge in [-0.05, 0) is 31.1 Å². The molecule has 1 aliphatic heterocycles. The number of aromatic nitrogens is 1. The Balaban J connectivity index is 2.07. The average Bonchev–Trinajstić information content (AvgIpc) is 2.98. The fourth-order valence-electron chi connectivity index (χ4n) is 3.37. The van der Waals surface area contributed by atoms with Crippen LogP contribution in [0.15, 0.2) is 52.0 Å². The van der Waals surface area contributed by atoms with E-state index in [1.165, 1.54) is 0 Å². The molecule has 0 saturated heterocycles. The zero-order chi connectivity index (χ0) is 16.7. The Morgan fingerprint density at radius 2 is 1.92 bits per heavy atom. The highest BCUT2D eigenvalue weighted by atomic mass is 16.4. The summed E-state index contributed by atoms with van der Waals surface area (Å²) < 4.78 is 5.72. The summed E-state index contributed by atoms with van der Waals surface area (Å²) in [5.41, 5.74) is 12.8. The quantitative estimate of drug-likeness (QED) is 0.774. The number of aryl methyl sites for hydroxylation is 1. The van der Waals surface area contributed by atoms with E-state index in [2.05, 4.69) is 33.9 Å². The predicted molar refractivity (Wildman–Crippen MR) is 98.3 cm³/mol. The van der Waals surface area contributed by atoms with Gasteiger partial charge in [0, 0.05) is 23.9 Å². The van der Waals surface area contributed by atoms with Crippen LogP contribution in [0.2, 0.25) is 0 Å². The number of hydrogen-bond donors (Lipinski definition) is 1. The van der Waals surface area contributed by atoms with Crippen LogP contribution in [0.3, 0.4) is 0 Å². The molecule has 0 bridgehead atoms. The van der Waals surface area contributed by atoms with Gasteiger partial charge in [0.15, 0.2) is 5.58 Å². The van der Waals surface area contributed by atoms with Crippen LogP contribution < -0.4 is 10.6 Å². The molecule has 3 aromatic rings. The van der Waals surface area contributed by atoms with Gasteiger partial charge in [0.2, 0.25) is 0 Å². The van der Waals surface area contributed by atoms with Crippen LogP contribution in [0, 0.1) is 13.8 Å². The number of nitrogen functional groups attached to an aromatic ring is 1. The summed E-state index contributed by atoms with van der Waals surface area (Å²) in [6.45, 7) is 4.92. The minimum absolute atomic E-state index is 0.189. The second-order valence-electron chi connectivity index (χ2n) is 5.87. The number of aliphatic imine (C=N–C) groups is 1. The van der Waals surface area contributed by atoms with Gasteiger partial charge in [-0.25, -0.2) is 4.99 Å². The molecule has 2 aromatic carbocycles. The van der Waals surface area contributed by atoms with Gasteiger partial charge in [-0.2, -0.15) is 4.98 Å². The molecule has 120 valence electrons. The molecule has 0 saturated carbocycles. The molecule has 4 rings (SSSR count). The third-order valence-electron chi connectivity index (χ3n) is 4.36.